The maximum absolute atomic E-state index is 12.7. The zero-order valence-electron chi connectivity index (χ0n) is 15.4. The van der Waals surface area contributed by atoms with Gasteiger partial charge in [-0.05, 0) is 42.5 Å². The lowest BCUT2D eigenvalue weighted by Gasteiger charge is -2.22. The van der Waals surface area contributed by atoms with Crippen molar-refractivity contribution in [3.05, 3.63) is 70.1 Å². The first kappa shape index (κ1) is 18.2. The van der Waals surface area contributed by atoms with Gasteiger partial charge in [0.05, 0.1) is 12.6 Å². The summed E-state index contributed by atoms with van der Waals surface area (Å²) in [5.74, 6) is 0.349. The highest BCUT2D eigenvalue weighted by atomic mass is 16.3. The molecule has 1 unspecified atom stereocenters. The number of benzene rings is 1. The Morgan fingerprint density at radius 3 is 2.96 bits per heavy atom. The van der Waals surface area contributed by atoms with Gasteiger partial charge in [-0.25, -0.2) is 4.98 Å². The Hall–Kier alpha value is -3.19. The first-order valence-electron chi connectivity index (χ1n) is 9.39. The maximum Gasteiger partial charge on any atom is 0.272 e. The Balaban J connectivity index is 1.50. The third-order valence-corrected chi connectivity index (χ3v) is 5.11. The van der Waals surface area contributed by atoms with Crippen molar-refractivity contribution in [3.63, 3.8) is 0 Å². The van der Waals surface area contributed by atoms with Gasteiger partial charge in [-0.15, -0.1) is 0 Å². The number of H-pyrrole nitrogens is 1. The van der Waals surface area contributed by atoms with Crippen LogP contribution in [0.25, 0.3) is 10.9 Å². The third kappa shape index (κ3) is 3.61. The number of pyridine rings is 2. The van der Waals surface area contributed by atoms with Crippen LogP contribution in [-0.4, -0.2) is 45.1 Å². The van der Waals surface area contributed by atoms with E-state index in [-0.39, 0.29) is 24.1 Å². The highest BCUT2D eigenvalue weighted by molar-refractivity contribution is 5.93. The molecule has 0 radical (unpaired) electrons. The maximum atomic E-state index is 12.7. The van der Waals surface area contributed by atoms with Crippen molar-refractivity contribution in [2.45, 2.75) is 25.4 Å². The fourth-order valence-corrected chi connectivity index (χ4v) is 3.60. The van der Waals surface area contributed by atoms with Gasteiger partial charge in [0.2, 0.25) is 0 Å². The zero-order valence-corrected chi connectivity index (χ0v) is 15.4. The molecule has 28 heavy (non-hydrogen) atoms. The van der Waals surface area contributed by atoms with Crippen molar-refractivity contribution in [1.82, 2.24) is 14.9 Å². The molecule has 1 aliphatic rings. The average Bonchev–Trinajstić information content (AvgIpc) is 3.20. The first-order chi connectivity index (χ1) is 13.7. The van der Waals surface area contributed by atoms with E-state index >= 15 is 0 Å². The Labute approximate surface area is 162 Å². The normalized spacial score (nSPS) is 16.5. The number of hydrogen-bond acceptors (Lipinski definition) is 5. The zero-order chi connectivity index (χ0) is 19.5. The minimum absolute atomic E-state index is 0.0333. The number of nitrogens with zero attached hydrogens (tertiary/aromatic N) is 2. The predicted octanol–water partition coefficient (Wildman–Crippen LogP) is 2.13. The van der Waals surface area contributed by atoms with Gasteiger partial charge in [0, 0.05) is 24.2 Å². The van der Waals surface area contributed by atoms with E-state index in [0.717, 1.165) is 23.7 Å². The molecule has 7 heteroatoms. The van der Waals surface area contributed by atoms with E-state index in [9.17, 15) is 14.7 Å². The van der Waals surface area contributed by atoms with Gasteiger partial charge in [-0.3, -0.25) is 9.59 Å². The van der Waals surface area contributed by atoms with Crippen molar-refractivity contribution in [3.8, 4) is 0 Å². The molecule has 2 aromatic heterocycles. The molecule has 7 nitrogen and oxygen atoms in total. The minimum Gasteiger partial charge on any atom is -0.394 e. The van der Waals surface area contributed by atoms with Crippen molar-refractivity contribution < 1.29 is 9.90 Å². The molecular formula is C21H22N4O3. The fourth-order valence-electron chi connectivity index (χ4n) is 3.60. The molecule has 0 bridgehead atoms. The summed E-state index contributed by atoms with van der Waals surface area (Å²) in [5.41, 5.74) is 1.57. The number of aromatic nitrogens is 2. The second-order valence-electron chi connectivity index (χ2n) is 6.95. The van der Waals surface area contributed by atoms with Gasteiger partial charge in [0.1, 0.15) is 11.5 Å². The molecular weight excluding hydrogens is 356 g/mol. The smallest absolute Gasteiger partial charge is 0.272 e. The van der Waals surface area contributed by atoms with E-state index < -0.39 is 0 Å². The van der Waals surface area contributed by atoms with Crippen LogP contribution < -0.4 is 10.9 Å². The van der Waals surface area contributed by atoms with Gasteiger partial charge in [-0.1, -0.05) is 24.3 Å². The average molecular weight is 378 g/mol. The van der Waals surface area contributed by atoms with Crippen LogP contribution >= 0.6 is 0 Å². The lowest BCUT2D eigenvalue weighted by Crippen LogP contribution is -2.38. The van der Waals surface area contributed by atoms with Crippen molar-refractivity contribution in [2.75, 3.05) is 18.5 Å². The largest absolute Gasteiger partial charge is 0.394 e. The molecule has 3 N–H and O–H groups in total. The van der Waals surface area contributed by atoms with Crippen molar-refractivity contribution >= 4 is 22.6 Å². The molecule has 0 spiro atoms. The first-order valence-corrected chi connectivity index (χ1v) is 9.39. The summed E-state index contributed by atoms with van der Waals surface area (Å²) in [6.07, 6.45) is 1.70. The number of amides is 1. The standard InChI is InChI=1S/C21H22N4O3/c26-13-16-6-4-10-25(16)21(28)18-8-3-9-19(23-18)22-12-15-11-14-5-1-2-7-17(14)24-20(15)27/h1-3,5,7-9,11,16,26H,4,6,10,12-13H2,(H,22,23)(H,24,27). The van der Waals surface area contributed by atoms with Crippen molar-refractivity contribution in [2.24, 2.45) is 0 Å². The summed E-state index contributed by atoms with van der Waals surface area (Å²) < 4.78 is 0. The molecule has 0 aliphatic carbocycles. The van der Waals surface area contributed by atoms with Crippen LogP contribution in [0.3, 0.4) is 0 Å². The molecule has 1 saturated heterocycles. The van der Waals surface area contributed by atoms with E-state index in [0.29, 0.717) is 30.2 Å². The molecule has 0 saturated carbocycles. The number of aliphatic hydroxyl groups excluding tert-OH is 1. The van der Waals surface area contributed by atoms with Crippen LogP contribution in [0, 0.1) is 0 Å². The number of carbonyl (C=O) groups is 1. The molecule has 3 heterocycles. The molecule has 3 aromatic rings. The van der Waals surface area contributed by atoms with Crippen LogP contribution in [-0.2, 0) is 6.54 Å². The SMILES string of the molecule is O=C(c1cccc(NCc2cc3ccccc3[nH]c2=O)n1)N1CCCC1CO. The van der Waals surface area contributed by atoms with Crippen LogP contribution in [0.4, 0.5) is 5.82 Å². The van der Waals surface area contributed by atoms with Gasteiger partial charge in [-0.2, -0.15) is 0 Å². The van der Waals surface area contributed by atoms with Gasteiger partial charge in [0.15, 0.2) is 0 Å². The Kier molecular flexibility index (Phi) is 5.08. The number of aliphatic hydroxyl groups is 1. The summed E-state index contributed by atoms with van der Waals surface area (Å²) in [6, 6.07) is 14.5. The summed E-state index contributed by atoms with van der Waals surface area (Å²) >= 11 is 0. The lowest BCUT2D eigenvalue weighted by atomic mass is 10.1. The monoisotopic (exact) mass is 378 g/mol. The van der Waals surface area contributed by atoms with E-state index in [1.54, 1.807) is 23.1 Å². The molecule has 1 aromatic carbocycles. The number of nitrogens with one attached hydrogen (secondary N) is 2. The highest BCUT2D eigenvalue weighted by Crippen LogP contribution is 2.20. The summed E-state index contributed by atoms with van der Waals surface area (Å²) in [5, 5.41) is 13.5. The molecule has 4 rings (SSSR count). The van der Waals surface area contributed by atoms with Crippen LogP contribution in [0.15, 0.2) is 53.3 Å². The molecule has 1 fully saturated rings. The van der Waals surface area contributed by atoms with E-state index in [2.05, 4.69) is 15.3 Å². The number of para-hydroxylation sites is 1. The molecule has 144 valence electrons. The quantitative estimate of drug-likeness (QED) is 0.632. The second-order valence-corrected chi connectivity index (χ2v) is 6.95. The lowest BCUT2D eigenvalue weighted by molar-refractivity contribution is 0.0672. The van der Waals surface area contributed by atoms with E-state index in [4.69, 9.17) is 0 Å². The topological polar surface area (TPSA) is 98.3 Å². The Bertz CT molecular complexity index is 1060. The van der Waals surface area contributed by atoms with Crippen LogP contribution in [0.2, 0.25) is 0 Å². The summed E-state index contributed by atoms with van der Waals surface area (Å²) in [7, 11) is 0. The number of anilines is 1. The van der Waals surface area contributed by atoms with Gasteiger partial charge < -0.3 is 20.3 Å². The van der Waals surface area contributed by atoms with Gasteiger partial charge >= 0.3 is 0 Å². The summed E-state index contributed by atoms with van der Waals surface area (Å²) in [6.45, 7) is 0.901. The van der Waals surface area contributed by atoms with E-state index in [1.807, 2.05) is 30.3 Å². The Morgan fingerprint density at radius 2 is 2.11 bits per heavy atom. The second kappa shape index (κ2) is 7.82. The molecule has 1 atom stereocenters. The number of carbonyl (C=O) groups excluding carboxylic acids is 1. The highest BCUT2D eigenvalue weighted by Gasteiger charge is 2.29. The van der Waals surface area contributed by atoms with Crippen LogP contribution in [0.5, 0.6) is 0 Å². The van der Waals surface area contributed by atoms with Crippen LogP contribution in [0.1, 0.15) is 28.9 Å². The molecule has 1 aliphatic heterocycles. The third-order valence-electron chi connectivity index (χ3n) is 5.11. The summed E-state index contributed by atoms with van der Waals surface area (Å²) in [4.78, 5) is 33.9. The number of likely N-dealkylation sites (tertiary alicyclic amines) is 1. The predicted molar refractivity (Wildman–Crippen MR) is 107 cm³/mol. The fraction of sp³-hybridized carbons (Fsp3) is 0.286. The van der Waals surface area contributed by atoms with Crippen molar-refractivity contribution in [1.29, 1.82) is 0 Å². The number of fused-ring (bicyclic) bond motifs is 1. The molecule has 1 amide bonds. The minimum atomic E-state index is -0.177. The number of hydrogen-bond donors (Lipinski definition) is 3. The van der Waals surface area contributed by atoms with E-state index in [1.165, 1.54) is 0 Å². The Morgan fingerprint density at radius 1 is 1.25 bits per heavy atom. The van der Waals surface area contributed by atoms with Gasteiger partial charge in [0.25, 0.3) is 11.5 Å². The number of rotatable bonds is 5. The number of aromatic amines is 1.